The van der Waals surface area contributed by atoms with Crippen LogP contribution in [0.5, 0.6) is 11.5 Å². The number of nitrogens with zero attached hydrogens (tertiary/aromatic N) is 4. The Kier molecular flexibility index (Phi) is 6.94. The number of fused-ring (bicyclic) bond motifs is 1. The first kappa shape index (κ1) is 25.4. The summed E-state index contributed by atoms with van der Waals surface area (Å²) in [5.74, 6) is -0.416. The Hall–Kier alpha value is -3.93. The first-order valence-corrected chi connectivity index (χ1v) is 14.0. The lowest BCUT2D eigenvalue weighted by atomic mass is 9.96. The predicted octanol–water partition coefficient (Wildman–Crippen LogP) is 5.28. The Morgan fingerprint density at radius 3 is 2.62 bits per heavy atom. The molecular weight excluding hydrogens is 560 g/mol. The van der Waals surface area contributed by atoms with Crippen molar-refractivity contribution in [2.24, 2.45) is 0 Å². The molecule has 39 heavy (non-hydrogen) atoms. The second-order valence-corrected chi connectivity index (χ2v) is 11.1. The number of aliphatic hydroxyl groups excluding tert-OH is 1. The third-order valence-corrected chi connectivity index (χ3v) is 8.67. The smallest absolute Gasteiger partial charge is 0.301 e. The molecule has 2 aromatic heterocycles. The fourth-order valence-electron chi connectivity index (χ4n) is 4.35. The minimum atomic E-state index is -0.935. The largest absolute Gasteiger partial charge is 0.507 e. The Morgan fingerprint density at radius 2 is 1.82 bits per heavy atom. The molecule has 2 aliphatic rings. The number of carbonyl (C=O) groups is 2. The van der Waals surface area contributed by atoms with Gasteiger partial charge in [0.15, 0.2) is 15.8 Å². The van der Waals surface area contributed by atoms with E-state index in [4.69, 9.17) is 21.1 Å². The Balaban J connectivity index is 1.38. The van der Waals surface area contributed by atoms with Crippen molar-refractivity contribution in [3.8, 4) is 11.5 Å². The van der Waals surface area contributed by atoms with Crippen molar-refractivity contribution in [2.75, 3.05) is 18.1 Å². The number of pyridine rings is 1. The van der Waals surface area contributed by atoms with Crippen molar-refractivity contribution in [1.82, 2.24) is 15.2 Å². The summed E-state index contributed by atoms with van der Waals surface area (Å²) in [6, 6.07) is 14.8. The molecule has 4 heterocycles. The number of hydrogen-bond acceptors (Lipinski definition) is 10. The van der Waals surface area contributed by atoms with E-state index in [0.717, 1.165) is 5.56 Å². The van der Waals surface area contributed by atoms with Crippen LogP contribution in [0.1, 0.15) is 22.7 Å². The molecule has 1 fully saturated rings. The maximum atomic E-state index is 13.4. The minimum absolute atomic E-state index is 0.0663. The number of benzene rings is 2. The maximum absolute atomic E-state index is 13.4. The molecule has 196 valence electrons. The lowest BCUT2D eigenvalue weighted by molar-refractivity contribution is -0.132. The lowest BCUT2D eigenvalue weighted by Gasteiger charge is -2.22. The van der Waals surface area contributed by atoms with Gasteiger partial charge in [-0.25, -0.2) is 0 Å². The standard InChI is InChI=1S/C27H19ClN4O5S2/c28-18-4-2-1-3-17(18)14-38-27-31-30-26(39-27)32-22(15-7-9-29-10-8-15)21(24(34)25(32)35)23(33)16-5-6-19-20(13-16)37-12-11-36-19/h1-10,13,22,33H,11-12,14H2/b23-21+. The number of halogens is 1. The summed E-state index contributed by atoms with van der Waals surface area (Å²) in [5, 5.41) is 20.7. The van der Waals surface area contributed by atoms with Crippen LogP contribution < -0.4 is 14.4 Å². The lowest BCUT2D eigenvalue weighted by Crippen LogP contribution is -2.29. The highest BCUT2D eigenvalue weighted by Crippen LogP contribution is 2.44. The molecule has 0 spiro atoms. The molecule has 0 aliphatic carbocycles. The predicted molar refractivity (Wildman–Crippen MR) is 147 cm³/mol. The number of hydrogen-bond donors (Lipinski definition) is 1. The van der Waals surface area contributed by atoms with Crippen molar-refractivity contribution >= 4 is 57.3 Å². The van der Waals surface area contributed by atoms with Gasteiger partial charge < -0.3 is 14.6 Å². The van der Waals surface area contributed by atoms with Gasteiger partial charge in [0.05, 0.1) is 11.6 Å². The zero-order valence-electron chi connectivity index (χ0n) is 20.1. The monoisotopic (exact) mass is 578 g/mol. The van der Waals surface area contributed by atoms with Crippen LogP contribution in [0.3, 0.4) is 0 Å². The third kappa shape index (κ3) is 4.84. The average Bonchev–Trinajstić information content (AvgIpc) is 3.54. The number of rotatable bonds is 6. The summed E-state index contributed by atoms with van der Waals surface area (Å²) in [6.45, 7) is 0.790. The molecule has 0 radical (unpaired) electrons. The average molecular weight is 579 g/mol. The molecule has 2 aromatic carbocycles. The fourth-order valence-corrected chi connectivity index (χ4v) is 6.50. The van der Waals surface area contributed by atoms with Crippen molar-refractivity contribution in [3.63, 3.8) is 0 Å². The van der Waals surface area contributed by atoms with Gasteiger partial charge in [-0.2, -0.15) is 0 Å². The Bertz CT molecular complexity index is 1610. The van der Waals surface area contributed by atoms with E-state index < -0.39 is 17.7 Å². The molecule has 12 heteroatoms. The van der Waals surface area contributed by atoms with E-state index in [1.807, 2.05) is 24.3 Å². The molecule has 1 saturated heterocycles. The molecule has 6 rings (SSSR count). The molecule has 0 bridgehead atoms. The van der Waals surface area contributed by atoms with Gasteiger partial charge in [0, 0.05) is 28.7 Å². The molecule has 2 aliphatic heterocycles. The SMILES string of the molecule is O=C1C(=O)N(c2nnc(SCc3ccccc3Cl)s2)C(c2ccncc2)/C1=C(\O)c1ccc2c(c1)OCCO2. The minimum Gasteiger partial charge on any atom is -0.507 e. The number of anilines is 1. The van der Waals surface area contributed by atoms with E-state index in [0.29, 0.717) is 51.0 Å². The second-order valence-electron chi connectivity index (χ2n) is 8.54. The van der Waals surface area contributed by atoms with Crippen molar-refractivity contribution in [3.05, 3.63) is 94.3 Å². The highest BCUT2D eigenvalue weighted by molar-refractivity contribution is 8.00. The highest BCUT2D eigenvalue weighted by atomic mass is 35.5. The molecule has 1 N–H and O–H groups in total. The number of thioether (sulfide) groups is 1. The van der Waals surface area contributed by atoms with Crippen LogP contribution >= 0.6 is 34.7 Å². The van der Waals surface area contributed by atoms with Crippen LogP contribution in [-0.2, 0) is 15.3 Å². The third-order valence-electron chi connectivity index (χ3n) is 6.19. The van der Waals surface area contributed by atoms with Gasteiger partial charge in [-0.15, -0.1) is 10.2 Å². The van der Waals surface area contributed by atoms with E-state index >= 15 is 0 Å². The molecule has 9 nitrogen and oxygen atoms in total. The topological polar surface area (TPSA) is 115 Å². The van der Waals surface area contributed by atoms with Gasteiger partial charge in [-0.05, 0) is 47.5 Å². The number of aromatic nitrogens is 3. The van der Waals surface area contributed by atoms with Crippen molar-refractivity contribution < 1.29 is 24.2 Å². The number of carbonyl (C=O) groups excluding carboxylic acids is 2. The normalized spacial score (nSPS) is 18.0. The maximum Gasteiger partial charge on any atom is 0.301 e. The van der Waals surface area contributed by atoms with Gasteiger partial charge in [-0.1, -0.05) is 52.9 Å². The molecule has 4 aromatic rings. The Labute approximate surface area is 236 Å². The quantitative estimate of drug-likeness (QED) is 0.107. The summed E-state index contributed by atoms with van der Waals surface area (Å²) in [4.78, 5) is 32.1. The van der Waals surface area contributed by atoms with E-state index in [2.05, 4.69) is 15.2 Å². The molecule has 1 unspecified atom stereocenters. The molecular formula is C27H19ClN4O5S2. The van der Waals surface area contributed by atoms with Crippen molar-refractivity contribution in [2.45, 2.75) is 16.1 Å². The first-order chi connectivity index (χ1) is 19.0. The number of Topliss-reactive ketones (excluding diaryl/α,β-unsaturated/α-hetero) is 1. The van der Waals surface area contributed by atoms with E-state index in [1.54, 1.807) is 42.7 Å². The van der Waals surface area contributed by atoms with E-state index in [1.165, 1.54) is 28.0 Å². The summed E-state index contributed by atoms with van der Waals surface area (Å²) >= 11 is 8.88. The fraction of sp³-hybridized carbons (Fsp3) is 0.148. The highest BCUT2D eigenvalue weighted by Gasteiger charge is 2.48. The first-order valence-electron chi connectivity index (χ1n) is 11.8. The van der Waals surface area contributed by atoms with Crippen LogP contribution in [0.25, 0.3) is 5.76 Å². The van der Waals surface area contributed by atoms with Gasteiger partial charge in [0.2, 0.25) is 5.13 Å². The van der Waals surface area contributed by atoms with E-state index in [9.17, 15) is 14.7 Å². The van der Waals surface area contributed by atoms with Gasteiger partial charge in [0.1, 0.15) is 19.0 Å². The van der Waals surface area contributed by atoms with Crippen LogP contribution in [0, 0.1) is 0 Å². The summed E-state index contributed by atoms with van der Waals surface area (Å²) in [7, 11) is 0. The molecule has 1 atom stereocenters. The number of aliphatic hydroxyl groups is 1. The van der Waals surface area contributed by atoms with Gasteiger partial charge >= 0.3 is 5.91 Å². The molecule has 1 amide bonds. The molecule has 0 saturated carbocycles. The summed E-state index contributed by atoms with van der Waals surface area (Å²) < 4.78 is 11.8. The van der Waals surface area contributed by atoms with Crippen LogP contribution in [0.4, 0.5) is 5.13 Å². The number of amides is 1. The summed E-state index contributed by atoms with van der Waals surface area (Å²) in [6.07, 6.45) is 3.12. The Morgan fingerprint density at radius 1 is 1.05 bits per heavy atom. The second kappa shape index (κ2) is 10.7. The van der Waals surface area contributed by atoms with E-state index in [-0.39, 0.29) is 16.5 Å². The van der Waals surface area contributed by atoms with Crippen LogP contribution in [0.2, 0.25) is 5.02 Å². The number of ketones is 1. The van der Waals surface area contributed by atoms with Gasteiger partial charge in [-0.3, -0.25) is 19.5 Å². The number of ether oxygens (including phenoxy) is 2. The van der Waals surface area contributed by atoms with Gasteiger partial charge in [0.25, 0.3) is 5.78 Å². The van der Waals surface area contributed by atoms with Crippen LogP contribution in [-0.4, -0.2) is 45.2 Å². The van der Waals surface area contributed by atoms with Crippen LogP contribution in [0.15, 0.2) is 76.9 Å². The zero-order chi connectivity index (χ0) is 26.9. The summed E-state index contributed by atoms with van der Waals surface area (Å²) in [5.41, 5.74) is 1.79. The van der Waals surface area contributed by atoms with Crippen molar-refractivity contribution in [1.29, 1.82) is 0 Å². The zero-order valence-corrected chi connectivity index (χ0v) is 22.5.